The maximum atomic E-state index is 11.8. The van der Waals surface area contributed by atoms with Crippen LogP contribution in [0.4, 0.5) is 11.6 Å². The van der Waals surface area contributed by atoms with Gasteiger partial charge in [-0.1, -0.05) is 0 Å². The molecule has 2 N–H and O–H groups in total. The Kier molecular flexibility index (Phi) is 5.98. The van der Waals surface area contributed by atoms with Gasteiger partial charge in [-0.3, -0.25) is 9.48 Å². The summed E-state index contributed by atoms with van der Waals surface area (Å²) in [6, 6.07) is 2.02. The zero-order chi connectivity index (χ0) is 21.1. The van der Waals surface area contributed by atoms with Crippen LogP contribution in [0, 0.1) is 5.92 Å². The van der Waals surface area contributed by atoms with Gasteiger partial charge in [-0.05, 0) is 51.5 Å². The van der Waals surface area contributed by atoms with Crippen molar-refractivity contribution in [3.8, 4) is 0 Å². The molecule has 0 aromatic carbocycles. The van der Waals surface area contributed by atoms with Crippen LogP contribution in [0.2, 0.25) is 0 Å². The van der Waals surface area contributed by atoms with Gasteiger partial charge in [0.2, 0.25) is 5.95 Å². The van der Waals surface area contributed by atoms with Gasteiger partial charge in [0.1, 0.15) is 12.2 Å². The van der Waals surface area contributed by atoms with Crippen molar-refractivity contribution in [1.29, 1.82) is 0 Å². The van der Waals surface area contributed by atoms with E-state index in [9.17, 15) is 9.90 Å². The molecule has 9 nitrogen and oxygen atoms in total. The summed E-state index contributed by atoms with van der Waals surface area (Å²) in [6.45, 7) is 4.57. The molecule has 0 spiro atoms. The van der Waals surface area contributed by atoms with Crippen LogP contribution in [-0.2, 0) is 22.6 Å². The van der Waals surface area contributed by atoms with Gasteiger partial charge in [0.25, 0.3) is 0 Å². The van der Waals surface area contributed by atoms with Gasteiger partial charge in [0, 0.05) is 30.5 Å². The smallest absolute Gasteiger partial charge is 0.328 e. The largest absolute Gasteiger partial charge is 0.462 e. The van der Waals surface area contributed by atoms with E-state index >= 15 is 0 Å². The molecule has 0 amide bonds. The maximum Gasteiger partial charge on any atom is 0.328 e. The summed E-state index contributed by atoms with van der Waals surface area (Å²) in [5, 5.41) is 18.0. The molecule has 3 aromatic rings. The predicted molar refractivity (Wildman–Crippen MR) is 112 cm³/mol. The Labute approximate surface area is 175 Å². The van der Waals surface area contributed by atoms with Gasteiger partial charge in [-0.25, -0.2) is 4.98 Å². The molecule has 0 saturated heterocycles. The molecule has 0 unspecified atom stereocenters. The Balaban J connectivity index is 1.43. The van der Waals surface area contributed by atoms with Gasteiger partial charge < -0.3 is 19.7 Å². The average molecular weight is 412 g/mol. The van der Waals surface area contributed by atoms with Crippen LogP contribution in [0.25, 0.3) is 11.0 Å². The lowest BCUT2D eigenvalue weighted by Gasteiger charge is -2.25. The molecule has 3 heterocycles. The molecule has 0 radical (unpaired) electrons. The minimum absolute atomic E-state index is 0.0543. The first-order chi connectivity index (χ1) is 14.5. The fraction of sp³-hybridized carbons (Fsp3) is 0.524. The highest BCUT2D eigenvalue weighted by Crippen LogP contribution is 2.27. The molecule has 1 saturated carbocycles. The second-order valence-corrected chi connectivity index (χ2v) is 8.21. The van der Waals surface area contributed by atoms with Gasteiger partial charge in [0.15, 0.2) is 0 Å². The van der Waals surface area contributed by atoms with Gasteiger partial charge in [-0.2, -0.15) is 10.1 Å². The van der Waals surface area contributed by atoms with E-state index in [2.05, 4.69) is 25.0 Å². The third-order valence-corrected chi connectivity index (χ3v) is 5.32. The van der Waals surface area contributed by atoms with Crippen LogP contribution >= 0.6 is 0 Å². The molecular weight excluding hydrogens is 384 g/mol. The van der Waals surface area contributed by atoms with Gasteiger partial charge in [-0.15, -0.1) is 0 Å². The fourth-order valence-corrected chi connectivity index (χ4v) is 3.86. The highest BCUT2D eigenvalue weighted by Gasteiger charge is 2.20. The van der Waals surface area contributed by atoms with Crippen molar-refractivity contribution in [3.05, 3.63) is 30.9 Å². The zero-order valence-corrected chi connectivity index (χ0v) is 17.4. The van der Waals surface area contributed by atoms with Crippen LogP contribution in [0.5, 0.6) is 0 Å². The topological polar surface area (TPSA) is 107 Å². The number of nitrogens with zero attached hydrogens (tertiary/aromatic N) is 5. The van der Waals surface area contributed by atoms with Crippen molar-refractivity contribution >= 4 is 28.6 Å². The number of hydrogen-bond acceptors (Lipinski definition) is 7. The fourth-order valence-electron chi connectivity index (χ4n) is 3.86. The summed E-state index contributed by atoms with van der Waals surface area (Å²) >= 11 is 0. The second-order valence-electron chi connectivity index (χ2n) is 8.21. The summed E-state index contributed by atoms with van der Waals surface area (Å²) < 4.78 is 8.82. The van der Waals surface area contributed by atoms with E-state index in [0.29, 0.717) is 17.6 Å². The Bertz CT molecular complexity index is 1000. The average Bonchev–Trinajstić information content (AvgIpc) is 3.30. The third kappa shape index (κ3) is 4.96. The SMILES string of the molecule is CC(C)OC(=O)Cn1cc(Nc2ncc3ccn(C[C@H]4CC[C@H](O)CC4)c3n2)cn1. The molecule has 9 heteroatoms. The summed E-state index contributed by atoms with van der Waals surface area (Å²) in [5.41, 5.74) is 1.58. The standard InChI is InChI=1S/C21H28N6O3/c1-14(2)30-19(29)13-27-12-17(10-23-27)24-21-22-9-16-7-8-26(20(16)25-21)11-15-3-5-18(28)6-4-15/h7-10,12,14-15,18,28H,3-6,11,13H2,1-2H3,(H,22,24,25)/t15-,18-. The van der Waals surface area contributed by atoms with Gasteiger partial charge >= 0.3 is 5.97 Å². The van der Waals surface area contributed by atoms with E-state index in [1.54, 1.807) is 18.6 Å². The summed E-state index contributed by atoms with van der Waals surface area (Å²) in [7, 11) is 0. The van der Waals surface area contributed by atoms with Crippen molar-refractivity contribution in [3.63, 3.8) is 0 Å². The number of esters is 1. The molecule has 1 aliphatic rings. The number of nitrogens with one attached hydrogen (secondary N) is 1. The van der Waals surface area contributed by atoms with Crippen molar-refractivity contribution in [2.24, 2.45) is 5.92 Å². The normalized spacial score (nSPS) is 19.3. The number of ether oxygens (including phenoxy) is 1. The van der Waals surface area contributed by atoms with E-state index in [1.807, 2.05) is 26.1 Å². The Morgan fingerprint density at radius 2 is 2.10 bits per heavy atom. The van der Waals surface area contributed by atoms with E-state index < -0.39 is 0 Å². The molecule has 0 atom stereocenters. The Hall–Kier alpha value is -2.94. The van der Waals surface area contributed by atoms with Crippen molar-refractivity contribution in [2.75, 3.05) is 5.32 Å². The van der Waals surface area contributed by atoms with E-state index in [0.717, 1.165) is 43.3 Å². The van der Waals surface area contributed by atoms with Crippen LogP contribution in [-0.4, -0.2) is 47.6 Å². The number of carbonyl (C=O) groups is 1. The first kappa shape index (κ1) is 20.3. The van der Waals surface area contributed by atoms with Gasteiger partial charge in [0.05, 0.1) is 24.1 Å². The Morgan fingerprint density at radius 1 is 1.30 bits per heavy atom. The number of carbonyl (C=O) groups excluding carboxylic acids is 1. The summed E-state index contributed by atoms with van der Waals surface area (Å²) in [6.07, 6.45) is 10.7. The molecule has 0 aliphatic heterocycles. The number of aromatic nitrogens is 5. The first-order valence-corrected chi connectivity index (χ1v) is 10.4. The summed E-state index contributed by atoms with van der Waals surface area (Å²) in [4.78, 5) is 20.8. The van der Waals surface area contributed by atoms with E-state index in [-0.39, 0.29) is 24.7 Å². The van der Waals surface area contributed by atoms with Crippen LogP contribution in [0.3, 0.4) is 0 Å². The van der Waals surface area contributed by atoms with E-state index in [4.69, 9.17) is 4.74 Å². The lowest BCUT2D eigenvalue weighted by atomic mass is 9.87. The summed E-state index contributed by atoms with van der Waals surface area (Å²) in [5.74, 6) is 0.704. The number of anilines is 2. The molecule has 1 fully saturated rings. The highest BCUT2D eigenvalue weighted by molar-refractivity contribution is 5.76. The van der Waals surface area contributed by atoms with Crippen molar-refractivity contribution in [2.45, 2.75) is 64.8 Å². The molecule has 160 valence electrons. The molecule has 0 bridgehead atoms. The number of aliphatic hydroxyl groups excluding tert-OH is 1. The minimum Gasteiger partial charge on any atom is -0.462 e. The Morgan fingerprint density at radius 3 is 2.87 bits per heavy atom. The zero-order valence-electron chi connectivity index (χ0n) is 17.4. The lowest BCUT2D eigenvalue weighted by molar-refractivity contribution is -0.148. The van der Waals surface area contributed by atoms with Crippen LogP contribution in [0.15, 0.2) is 30.9 Å². The monoisotopic (exact) mass is 412 g/mol. The molecule has 3 aromatic heterocycles. The highest BCUT2D eigenvalue weighted by atomic mass is 16.5. The predicted octanol–water partition coefficient (Wildman–Crippen LogP) is 2.87. The number of rotatable bonds is 7. The van der Waals surface area contributed by atoms with Crippen molar-refractivity contribution < 1.29 is 14.6 Å². The number of fused-ring (bicyclic) bond motifs is 1. The third-order valence-electron chi connectivity index (χ3n) is 5.32. The second kappa shape index (κ2) is 8.83. The molecule has 1 aliphatic carbocycles. The molecular formula is C21H28N6O3. The molecule has 4 rings (SSSR count). The van der Waals surface area contributed by atoms with E-state index in [1.165, 1.54) is 4.68 Å². The quantitative estimate of drug-likeness (QED) is 0.575. The maximum absolute atomic E-state index is 11.8. The lowest BCUT2D eigenvalue weighted by Crippen LogP contribution is -2.21. The van der Waals surface area contributed by atoms with Crippen LogP contribution < -0.4 is 5.32 Å². The first-order valence-electron chi connectivity index (χ1n) is 10.4. The van der Waals surface area contributed by atoms with Crippen molar-refractivity contribution in [1.82, 2.24) is 24.3 Å². The van der Waals surface area contributed by atoms with Crippen LogP contribution in [0.1, 0.15) is 39.5 Å². The number of hydrogen-bond donors (Lipinski definition) is 2. The number of aliphatic hydroxyl groups is 1. The minimum atomic E-state index is -0.328. The molecule has 30 heavy (non-hydrogen) atoms.